The van der Waals surface area contributed by atoms with Crippen molar-refractivity contribution in [3.8, 4) is 0 Å². The van der Waals surface area contributed by atoms with Crippen LogP contribution in [0.5, 0.6) is 0 Å². The molecule has 2 N–H and O–H groups in total. The van der Waals surface area contributed by atoms with E-state index >= 15 is 0 Å². The van der Waals surface area contributed by atoms with Crippen molar-refractivity contribution in [2.45, 2.75) is 25.2 Å². The van der Waals surface area contributed by atoms with Crippen LogP contribution in [-0.4, -0.2) is 62.9 Å². The average molecular weight is 422 g/mol. The van der Waals surface area contributed by atoms with Gasteiger partial charge in [-0.25, -0.2) is 21.6 Å². The number of nitrogens with one attached hydrogen (secondary N) is 2. The Balaban J connectivity index is 2.97. The Morgan fingerprint density at radius 2 is 1.78 bits per heavy atom. The van der Waals surface area contributed by atoms with Crippen molar-refractivity contribution in [1.29, 1.82) is 0 Å². The van der Waals surface area contributed by atoms with E-state index in [0.717, 1.165) is 10.6 Å². The molecular formula is C16H27N3O6S2. The highest BCUT2D eigenvalue weighted by molar-refractivity contribution is 7.92. The molecule has 1 amide bonds. The second-order valence-electron chi connectivity index (χ2n) is 6.08. The van der Waals surface area contributed by atoms with Crippen molar-refractivity contribution >= 4 is 31.6 Å². The van der Waals surface area contributed by atoms with Crippen LogP contribution in [0.15, 0.2) is 17.0 Å². The number of hydrogen-bond acceptors (Lipinski definition) is 6. The minimum Gasteiger partial charge on any atom is -0.383 e. The van der Waals surface area contributed by atoms with Gasteiger partial charge in [0.25, 0.3) is 0 Å². The predicted molar refractivity (Wildman–Crippen MR) is 104 cm³/mol. The summed E-state index contributed by atoms with van der Waals surface area (Å²) in [5.41, 5.74) is 1.27. The third kappa shape index (κ3) is 6.45. The molecule has 0 atom stereocenters. The van der Waals surface area contributed by atoms with E-state index in [-0.39, 0.29) is 23.8 Å². The molecule has 9 nitrogen and oxygen atoms in total. The third-order valence-electron chi connectivity index (χ3n) is 3.96. The van der Waals surface area contributed by atoms with Crippen LogP contribution in [0, 0.1) is 13.8 Å². The molecule has 0 fully saturated rings. The van der Waals surface area contributed by atoms with Crippen molar-refractivity contribution < 1.29 is 26.4 Å². The second kappa shape index (κ2) is 9.49. The van der Waals surface area contributed by atoms with Gasteiger partial charge in [0.15, 0.2) is 0 Å². The fraction of sp³-hybridized carbons (Fsp3) is 0.562. The number of carbonyl (C=O) groups is 1. The largest absolute Gasteiger partial charge is 0.383 e. The van der Waals surface area contributed by atoms with Crippen molar-refractivity contribution in [2.75, 3.05) is 44.4 Å². The quantitative estimate of drug-likeness (QED) is 0.518. The monoisotopic (exact) mass is 421 g/mol. The van der Waals surface area contributed by atoms with E-state index in [1.165, 1.54) is 20.2 Å². The lowest BCUT2D eigenvalue weighted by atomic mass is 10.1. The van der Waals surface area contributed by atoms with Gasteiger partial charge in [-0.1, -0.05) is 6.07 Å². The maximum Gasteiger partial charge on any atom is 0.240 e. The molecule has 11 heteroatoms. The number of ether oxygens (including phenoxy) is 1. The first-order chi connectivity index (χ1) is 12.4. The molecule has 1 rings (SSSR count). The Kier molecular flexibility index (Phi) is 8.21. The van der Waals surface area contributed by atoms with Gasteiger partial charge in [-0.15, -0.1) is 0 Å². The molecule has 0 aliphatic carbocycles. The molecule has 0 heterocycles. The third-order valence-corrected chi connectivity index (χ3v) is 6.74. The molecule has 0 radical (unpaired) electrons. The summed E-state index contributed by atoms with van der Waals surface area (Å²) in [6, 6.07) is 2.97. The molecule has 0 saturated heterocycles. The van der Waals surface area contributed by atoms with Crippen LogP contribution in [0.3, 0.4) is 0 Å². The number of anilines is 1. The Hall–Kier alpha value is -1.69. The van der Waals surface area contributed by atoms with Gasteiger partial charge in [0.2, 0.25) is 26.0 Å². The van der Waals surface area contributed by atoms with Crippen LogP contribution in [0.25, 0.3) is 0 Å². The number of benzene rings is 1. The molecule has 27 heavy (non-hydrogen) atoms. The summed E-state index contributed by atoms with van der Waals surface area (Å²) in [6.45, 7) is 3.90. The molecule has 0 aliphatic heterocycles. The minimum atomic E-state index is -3.91. The van der Waals surface area contributed by atoms with Crippen LogP contribution in [0.4, 0.5) is 5.69 Å². The molecule has 154 valence electrons. The van der Waals surface area contributed by atoms with E-state index < -0.39 is 20.0 Å². The topological polar surface area (TPSA) is 122 Å². The first kappa shape index (κ1) is 23.3. The molecule has 1 aromatic carbocycles. The summed E-state index contributed by atoms with van der Waals surface area (Å²) in [6.07, 6.45) is 1.03. The van der Waals surface area contributed by atoms with E-state index in [2.05, 4.69) is 10.0 Å². The SMILES string of the molecule is COCCNC(=O)CCNS(=O)(=O)c1ccc(C)c(N(C)S(C)(=O)=O)c1C. The molecule has 0 unspecified atom stereocenters. The van der Waals surface area contributed by atoms with Gasteiger partial charge in [0.05, 0.1) is 23.4 Å². The molecule has 0 saturated carbocycles. The molecule has 1 aromatic rings. The summed E-state index contributed by atoms with van der Waals surface area (Å²) in [4.78, 5) is 11.6. The van der Waals surface area contributed by atoms with Crippen molar-refractivity contribution in [1.82, 2.24) is 10.0 Å². The lowest BCUT2D eigenvalue weighted by Gasteiger charge is -2.23. The van der Waals surface area contributed by atoms with E-state index in [4.69, 9.17) is 4.74 Å². The minimum absolute atomic E-state index is 0.0239. The first-order valence-electron chi connectivity index (χ1n) is 8.21. The summed E-state index contributed by atoms with van der Waals surface area (Å²) in [5.74, 6) is -0.298. The number of rotatable bonds is 10. The van der Waals surface area contributed by atoms with Crippen LogP contribution >= 0.6 is 0 Å². The Morgan fingerprint density at radius 3 is 2.33 bits per heavy atom. The zero-order valence-electron chi connectivity index (χ0n) is 16.2. The van der Waals surface area contributed by atoms with E-state index in [1.54, 1.807) is 19.9 Å². The zero-order chi connectivity index (χ0) is 20.8. The maximum atomic E-state index is 12.6. The molecule has 0 spiro atoms. The first-order valence-corrected chi connectivity index (χ1v) is 11.5. The Bertz CT molecular complexity index is 882. The fourth-order valence-electron chi connectivity index (χ4n) is 2.52. The second-order valence-corrected chi connectivity index (χ2v) is 9.82. The van der Waals surface area contributed by atoms with Crippen LogP contribution < -0.4 is 14.3 Å². The van der Waals surface area contributed by atoms with Gasteiger partial charge in [-0.05, 0) is 31.0 Å². The summed E-state index contributed by atoms with van der Waals surface area (Å²) < 4.78 is 57.2. The van der Waals surface area contributed by atoms with E-state index in [9.17, 15) is 21.6 Å². The standard InChI is InChI=1S/C16H27N3O6S2/c1-12-6-7-14(13(2)16(12)19(3)26(5,21)22)27(23,24)18-9-8-15(20)17-10-11-25-4/h6-7,18H,8-11H2,1-5H3,(H,17,20). The summed E-state index contributed by atoms with van der Waals surface area (Å²) in [7, 11) is -4.57. The number of amides is 1. The van der Waals surface area contributed by atoms with Crippen molar-refractivity contribution in [2.24, 2.45) is 0 Å². The molecule has 0 bridgehead atoms. The summed E-state index contributed by atoms with van der Waals surface area (Å²) >= 11 is 0. The molecule has 0 aromatic heterocycles. The Labute approximate surface area is 161 Å². The van der Waals surface area contributed by atoms with Gasteiger partial charge in [-0.3, -0.25) is 9.10 Å². The number of aryl methyl sites for hydroxylation is 1. The van der Waals surface area contributed by atoms with Crippen LogP contribution in [0.1, 0.15) is 17.5 Å². The smallest absolute Gasteiger partial charge is 0.240 e. The lowest BCUT2D eigenvalue weighted by Crippen LogP contribution is -2.33. The van der Waals surface area contributed by atoms with E-state index in [0.29, 0.717) is 30.0 Å². The number of sulfonamides is 2. The number of methoxy groups -OCH3 is 1. The molecule has 0 aliphatic rings. The maximum absolute atomic E-state index is 12.6. The fourth-order valence-corrected chi connectivity index (χ4v) is 4.40. The highest BCUT2D eigenvalue weighted by atomic mass is 32.2. The van der Waals surface area contributed by atoms with Gasteiger partial charge >= 0.3 is 0 Å². The normalized spacial score (nSPS) is 12.0. The van der Waals surface area contributed by atoms with Crippen molar-refractivity contribution in [3.63, 3.8) is 0 Å². The number of hydrogen-bond donors (Lipinski definition) is 2. The van der Waals surface area contributed by atoms with Crippen LogP contribution in [-0.2, 0) is 29.6 Å². The molecular weight excluding hydrogens is 394 g/mol. The zero-order valence-corrected chi connectivity index (χ0v) is 17.8. The average Bonchev–Trinajstić information content (AvgIpc) is 2.53. The van der Waals surface area contributed by atoms with E-state index in [1.807, 2.05) is 0 Å². The summed E-state index contributed by atoms with van der Waals surface area (Å²) in [5, 5.41) is 2.60. The number of carbonyl (C=O) groups excluding carboxylic acids is 1. The Morgan fingerprint density at radius 1 is 1.15 bits per heavy atom. The van der Waals surface area contributed by atoms with Crippen LogP contribution in [0.2, 0.25) is 0 Å². The van der Waals surface area contributed by atoms with Gasteiger partial charge in [0.1, 0.15) is 0 Å². The van der Waals surface area contributed by atoms with Gasteiger partial charge < -0.3 is 10.1 Å². The highest BCUT2D eigenvalue weighted by Gasteiger charge is 2.24. The highest BCUT2D eigenvalue weighted by Crippen LogP contribution is 2.30. The van der Waals surface area contributed by atoms with Gasteiger partial charge in [0, 0.05) is 33.7 Å². The predicted octanol–water partition coefficient (Wildman–Crippen LogP) is 0.130. The lowest BCUT2D eigenvalue weighted by molar-refractivity contribution is -0.121. The number of nitrogens with zero attached hydrogens (tertiary/aromatic N) is 1. The van der Waals surface area contributed by atoms with Crippen molar-refractivity contribution in [3.05, 3.63) is 23.3 Å². The van der Waals surface area contributed by atoms with Gasteiger partial charge in [-0.2, -0.15) is 0 Å².